The number of hydrogen-bond acceptors (Lipinski definition) is 7. The summed E-state index contributed by atoms with van der Waals surface area (Å²) in [6.45, 7) is 2.40. The molecule has 156 valence electrons. The Hall–Kier alpha value is -2.61. The summed E-state index contributed by atoms with van der Waals surface area (Å²) >= 11 is 0. The Kier molecular flexibility index (Phi) is 5.71. The van der Waals surface area contributed by atoms with Crippen LogP contribution in [0.15, 0.2) is 24.0 Å². The van der Waals surface area contributed by atoms with Gasteiger partial charge in [0.1, 0.15) is 5.75 Å². The number of ether oxygens (including phenoxy) is 1. The average molecular weight is 398 g/mol. The number of hydrazine groups is 1. The van der Waals surface area contributed by atoms with Crippen molar-refractivity contribution in [2.75, 3.05) is 7.05 Å². The molecule has 0 radical (unpaired) electrons. The van der Waals surface area contributed by atoms with E-state index >= 15 is 0 Å². The lowest BCUT2D eigenvalue weighted by Crippen LogP contribution is -2.30. The molecule has 0 amide bonds. The fourth-order valence-corrected chi connectivity index (χ4v) is 3.83. The van der Waals surface area contributed by atoms with Gasteiger partial charge in [-0.3, -0.25) is 0 Å². The molecule has 0 saturated heterocycles. The summed E-state index contributed by atoms with van der Waals surface area (Å²) in [5.41, 5.74) is 10.3. The van der Waals surface area contributed by atoms with Crippen LogP contribution >= 0.6 is 0 Å². The molecule has 2 aromatic rings. The largest absolute Gasteiger partial charge is 0.489 e. The molecule has 8 heteroatoms. The lowest BCUT2D eigenvalue weighted by molar-refractivity contribution is 0.153. The van der Waals surface area contributed by atoms with Crippen LogP contribution in [-0.2, 0) is 6.54 Å². The molecule has 2 saturated carbocycles. The SMILES string of the molecule is Cc1nc(/C(N)=C(\Cn2cc(C3CC3)nn2)N(C)N)ccc1OC1CCCCC1. The van der Waals surface area contributed by atoms with E-state index in [9.17, 15) is 0 Å². The van der Waals surface area contributed by atoms with Crippen molar-refractivity contribution in [2.45, 2.75) is 70.4 Å². The Morgan fingerprint density at radius 2 is 1.97 bits per heavy atom. The topological polar surface area (TPSA) is 108 Å². The predicted octanol–water partition coefficient (Wildman–Crippen LogP) is 2.70. The first-order valence-corrected chi connectivity index (χ1v) is 10.5. The molecule has 2 aliphatic carbocycles. The second-order valence-electron chi connectivity index (χ2n) is 8.24. The summed E-state index contributed by atoms with van der Waals surface area (Å²) < 4.78 is 7.96. The van der Waals surface area contributed by atoms with E-state index in [1.165, 1.54) is 37.1 Å². The standard InChI is InChI=1S/C21H31N7O/c1-14-20(29-16-6-4-3-5-7-16)11-10-17(24-14)21(22)19(27(2)23)13-28-12-18(25-26-28)15-8-9-15/h10-12,15-16H,3-9,13,22-23H2,1-2H3/b21-19-. The third-order valence-electron chi connectivity index (χ3n) is 5.76. The molecule has 8 nitrogen and oxygen atoms in total. The first kappa shape index (κ1) is 19.7. The molecule has 2 aromatic heterocycles. The highest BCUT2D eigenvalue weighted by Crippen LogP contribution is 2.38. The zero-order valence-corrected chi connectivity index (χ0v) is 17.3. The first-order valence-electron chi connectivity index (χ1n) is 10.5. The van der Waals surface area contributed by atoms with Crippen molar-refractivity contribution in [2.24, 2.45) is 11.6 Å². The second-order valence-corrected chi connectivity index (χ2v) is 8.24. The van der Waals surface area contributed by atoms with Gasteiger partial charge in [-0.1, -0.05) is 11.6 Å². The summed E-state index contributed by atoms with van der Waals surface area (Å²) in [5, 5.41) is 10.0. The number of nitrogens with two attached hydrogens (primary N) is 2. The van der Waals surface area contributed by atoms with E-state index in [1.54, 1.807) is 11.7 Å². The van der Waals surface area contributed by atoms with Crippen LogP contribution in [0.5, 0.6) is 5.75 Å². The van der Waals surface area contributed by atoms with E-state index in [0.717, 1.165) is 35.7 Å². The molecule has 0 unspecified atom stereocenters. The Labute approximate surface area is 171 Å². The van der Waals surface area contributed by atoms with Gasteiger partial charge < -0.3 is 15.5 Å². The highest BCUT2D eigenvalue weighted by atomic mass is 16.5. The Morgan fingerprint density at radius 3 is 2.62 bits per heavy atom. The molecule has 29 heavy (non-hydrogen) atoms. The van der Waals surface area contributed by atoms with Gasteiger partial charge in [0.25, 0.3) is 0 Å². The fourth-order valence-electron chi connectivity index (χ4n) is 3.83. The molecule has 0 bridgehead atoms. The normalized spacial score (nSPS) is 18.4. The quantitative estimate of drug-likeness (QED) is 0.546. The van der Waals surface area contributed by atoms with Crippen LogP contribution in [0.25, 0.3) is 5.70 Å². The number of nitrogens with zero attached hydrogens (tertiary/aromatic N) is 5. The van der Waals surface area contributed by atoms with E-state index in [-0.39, 0.29) is 0 Å². The average Bonchev–Trinajstić information content (AvgIpc) is 3.46. The van der Waals surface area contributed by atoms with Crippen LogP contribution in [0, 0.1) is 6.92 Å². The van der Waals surface area contributed by atoms with Crippen molar-refractivity contribution >= 4 is 5.70 Å². The minimum absolute atomic E-state index is 0.293. The number of rotatable bonds is 7. The van der Waals surface area contributed by atoms with Gasteiger partial charge in [0, 0.05) is 19.2 Å². The summed E-state index contributed by atoms with van der Waals surface area (Å²) in [4.78, 5) is 4.69. The number of aromatic nitrogens is 4. The minimum Gasteiger partial charge on any atom is -0.489 e. The van der Waals surface area contributed by atoms with Crippen molar-refractivity contribution in [1.82, 2.24) is 25.0 Å². The maximum atomic E-state index is 6.46. The van der Waals surface area contributed by atoms with Crippen LogP contribution in [-0.4, -0.2) is 38.1 Å². The molecule has 4 N–H and O–H groups in total. The van der Waals surface area contributed by atoms with E-state index in [4.69, 9.17) is 21.3 Å². The van der Waals surface area contributed by atoms with Gasteiger partial charge >= 0.3 is 0 Å². The van der Waals surface area contributed by atoms with Crippen LogP contribution in [0.2, 0.25) is 0 Å². The number of hydrogen-bond donors (Lipinski definition) is 2. The van der Waals surface area contributed by atoms with Crippen molar-refractivity contribution < 1.29 is 4.74 Å². The molecule has 2 aliphatic rings. The molecule has 4 rings (SSSR count). The van der Waals surface area contributed by atoms with Crippen LogP contribution in [0.1, 0.15) is 67.9 Å². The van der Waals surface area contributed by atoms with Gasteiger partial charge in [-0.15, -0.1) is 5.10 Å². The van der Waals surface area contributed by atoms with Crippen LogP contribution in [0.4, 0.5) is 0 Å². The molecule has 0 spiro atoms. The molecule has 0 aliphatic heterocycles. The smallest absolute Gasteiger partial charge is 0.140 e. The number of pyridine rings is 1. The van der Waals surface area contributed by atoms with E-state index in [0.29, 0.717) is 30.0 Å². The highest BCUT2D eigenvalue weighted by molar-refractivity contribution is 5.63. The van der Waals surface area contributed by atoms with Crippen LogP contribution < -0.4 is 16.3 Å². The van der Waals surface area contributed by atoms with Crippen LogP contribution in [0.3, 0.4) is 0 Å². The lowest BCUT2D eigenvalue weighted by Gasteiger charge is -2.24. The number of allylic oxidation sites excluding steroid dienone is 1. The van der Waals surface area contributed by atoms with E-state index in [1.807, 2.05) is 25.3 Å². The predicted molar refractivity (Wildman–Crippen MR) is 112 cm³/mol. The maximum absolute atomic E-state index is 6.46. The Bertz CT molecular complexity index is 879. The van der Waals surface area contributed by atoms with Crippen molar-refractivity contribution in [1.29, 1.82) is 0 Å². The van der Waals surface area contributed by atoms with Gasteiger partial charge in [0.2, 0.25) is 0 Å². The fraction of sp³-hybridized carbons (Fsp3) is 0.571. The highest BCUT2D eigenvalue weighted by Gasteiger charge is 2.26. The van der Waals surface area contributed by atoms with Gasteiger partial charge in [-0.25, -0.2) is 15.5 Å². The van der Waals surface area contributed by atoms with Gasteiger partial charge in [-0.05, 0) is 57.6 Å². The second kappa shape index (κ2) is 8.41. The molecule has 0 aromatic carbocycles. The molecule has 2 fully saturated rings. The lowest BCUT2D eigenvalue weighted by atomic mass is 9.98. The number of likely N-dealkylation sites (N-methyl/N-ethyl adjacent to an activating group) is 1. The monoisotopic (exact) mass is 397 g/mol. The van der Waals surface area contributed by atoms with Crippen molar-refractivity contribution in [3.8, 4) is 5.75 Å². The van der Waals surface area contributed by atoms with Crippen molar-refractivity contribution in [3.05, 3.63) is 41.1 Å². The minimum atomic E-state index is 0.293. The molecule has 2 heterocycles. The zero-order valence-electron chi connectivity index (χ0n) is 17.3. The summed E-state index contributed by atoms with van der Waals surface area (Å²) in [5.74, 6) is 7.47. The zero-order chi connectivity index (χ0) is 20.4. The summed E-state index contributed by atoms with van der Waals surface area (Å²) in [6, 6.07) is 3.87. The summed E-state index contributed by atoms with van der Waals surface area (Å²) in [6.07, 6.45) is 10.7. The van der Waals surface area contributed by atoms with E-state index < -0.39 is 0 Å². The first-order chi connectivity index (χ1) is 14.0. The molecular formula is C21H31N7O. The van der Waals surface area contributed by atoms with Gasteiger partial charge in [-0.2, -0.15) is 0 Å². The summed E-state index contributed by atoms with van der Waals surface area (Å²) in [7, 11) is 1.77. The Morgan fingerprint density at radius 1 is 1.21 bits per heavy atom. The Balaban J connectivity index is 1.52. The van der Waals surface area contributed by atoms with Gasteiger partial charge in [0.15, 0.2) is 0 Å². The number of aryl methyl sites for hydroxylation is 1. The van der Waals surface area contributed by atoms with Gasteiger partial charge in [0.05, 0.1) is 41.1 Å². The van der Waals surface area contributed by atoms with E-state index in [2.05, 4.69) is 10.3 Å². The molecule has 0 atom stereocenters. The molecular weight excluding hydrogens is 366 g/mol. The third kappa shape index (κ3) is 4.70. The van der Waals surface area contributed by atoms with Crippen molar-refractivity contribution in [3.63, 3.8) is 0 Å². The maximum Gasteiger partial charge on any atom is 0.140 e. The third-order valence-corrected chi connectivity index (χ3v) is 5.76.